The number of ketones is 1. The van der Waals surface area contributed by atoms with E-state index in [1.165, 1.54) is 12.3 Å². The molecule has 0 radical (unpaired) electrons. The molecule has 0 aromatic carbocycles. The Morgan fingerprint density at radius 3 is 3.22 bits per heavy atom. The van der Waals surface area contributed by atoms with Crippen LogP contribution in [0.15, 0.2) is 12.3 Å². The Morgan fingerprint density at radius 1 is 1.67 bits per heavy atom. The van der Waals surface area contributed by atoms with Gasteiger partial charge in [0, 0.05) is 12.6 Å². The highest BCUT2D eigenvalue weighted by molar-refractivity contribution is 7.83. The number of nitrogens with one attached hydrogen (secondary N) is 1. The Hall–Kier alpha value is -0.640. The van der Waals surface area contributed by atoms with Gasteiger partial charge in [-0.3, -0.25) is 4.79 Å². The SMILES string of the molecule is O=C1C=CNS(=O)CC1. The number of hydrogen-bond acceptors (Lipinski definition) is 2. The van der Waals surface area contributed by atoms with E-state index in [9.17, 15) is 9.00 Å². The van der Waals surface area contributed by atoms with Crippen LogP contribution in [0.5, 0.6) is 0 Å². The largest absolute Gasteiger partial charge is 0.312 e. The van der Waals surface area contributed by atoms with Gasteiger partial charge in [-0.2, -0.15) is 0 Å². The molecule has 3 nitrogen and oxygen atoms in total. The third kappa shape index (κ3) is 1.97. The van der Waals surface area contributed by atoms with Gasteiger partial charge in [0.05, 0.1) is 5.75 Å². The van der Waals surface area contributed by atoms with E-state index in [2.05, 4.69) is 4.72 Å². The molecule has 0 aromatic heterocycles. The molecule has 1 N–H and O–H groups in total. The molecular weight excluding hydrogens is 138 g/mol. The molecule has 0 spiro atoms. The van der Waals surface area contributed by atoms with Gasteiger partial charge in [0.15, 0.2) is 5.78 Å². The summed E-state index contributed by atoms with van der Waals surface area (Å²) in [5.41, 5.74) is 0. The van der Waals surface area contributed by atoms with Crippen molar-refractivity contribution in [1.29, 1.82) is 0 Å². The summed E-state index contributed by atoms with van der Waals surface area (Å²) in [5, 5.41) is 0. The van der Waals surface area contributed by atoms with Crippen molar-refractivity contribution in [2.24, 2.45) is 0 Å². The predicted octanol–water partition coefficient (Wildman–Crippen LogP) is -0.274. The van der Waals surface area contributed by atoms with Crippen molar-refractivity contribution >= 4 is 16.8 Å². The molecule has 0 saturated carbocycles. The van der Waals surface area contributed by atoms with E-state index in [1.807, 2.05) is 0 Å². The van der Waals surface area contributed by atoms with Crippen LogP contribution in [0.2, 0.25) is 0 Å². The fourth-order valence-corrected chi connectivity index (χ4v) is 1.26. The normalized spacial score (nSPS) is 27.1. The topological polar surface area (TPSA) is 46.2 Å². The summed E-state index contributed by atoms with van der Waals surface area (Å²) >= 11 is 0. The minimum atomic E-state index is -1.04. The highest BCUT2D eigenvalue weighted by atomic mass is 32.2. The molecule has 1 aliphatic rings. The number of rotatable bonds is 0. The van der Waals surface area contributed by atoms with Crippen molar-refractivity contribution in [3.05, 3.63) is 12.3 Å². The molecule has 0 amide bonds. The lowest BCUT2D eigenvalue weighted by Gasteiger charge is -1.91. The molecule has 1 heterocycles. The fraction of sp³-hybridized carbons (Fsp3) is 0.400. The second-order valence-corrected chi connectivity index (χ2v) is 3.05. The second kappa shape index (κ2) is 2.77. The zero-order valence-corrected chi connectivity index (χ0v) is 5.61. The maximum atomic E-state index is 10.6. The Balaban J connectivity index is 2.58. The highest BCUT2D eigenvalue weighted by Crippen LogP contribution is 1.92. The quantitative estimate of drug-likeness (QED) is 0.510. The van der Waals surface area contributed by atoms with E-state index < -0.39 is 11.0 Å². The summed E-state index contributed by atoms with van der Waals surface area (Å²) in [6.07, 6.45) is 3.23. The lowest BCUT2D eigenvalue weighted by atomic mass is 10.3. The number of allylic oxidation sites excluding steroid dienone is 1. The number of hydrogen-bond donors (Lipinski definition) is 1. The van der Waals surface area contributed by atoms with E-state index in [0.717, 1.165) is 0 Å². The molecule has 4 heteroatoms. The molecular formula is C5H7NO2S. The zero-order valence-electron chi connectivity index (χ0n) is 4.79. The fourth-order valence-electron chi connectivity index (χ4n) is 0.538. The molecule has 1 unspecified atom stereocenters. The van der Waals surface area contributed by atoms with Gasteiger partial charge >= 0.3 is 0 Å². The first-order chi connectivity index (χ1) is 4.29. The average molecular weight is 145 g/mol. The molecule has 0 saturated heterocycles. The Kier molecular flexibility index (Phi) is 2.00. The van der Waals surface area contributed by atoms with Gasteiger partial charge in [0.1, 0.15) is 11.0 Å². The minimum absolute atomic E-state index is 0.0355. The van der Waals surface area contributed by atoms with Gasteiger partial charge < -0.3 is 4.72 Å². The molecule has 1 rings (SSSR count). The predicted molar refractivity (Wildman–Crippen MR) is 34.9 cm³/mol. The molecule has 0 fully saturated rings. The first-order valence-corrected chi connectivity index (χ1v) is 3.95. The number of carbonyl (C=O) groups is 1. The van der Waals surface area contributed by atoms with Crippen LogP contribution in [0.1, 0.15) is 6.42 Å². The van der Waals surface area contributed by atoms with Crippen LogP contribution >= 0.6 is 0 Å². The molecule has 0 aromatic rings. The van der Waals surface area contributed by atoms with E-state index in [1.54, 1.807) is 0 Å². The van der Waals surface area contributed by atoms with Crippen molar-refractivity contribution < 1.29 is 9.00 Å². The van der Waals surface area contributed by atoms with Gasteiger partial charge in [-0.25, -0.2) is 4.21 Å². The molecule has 1 aliphatic heterocycles. The van der Waals surface area contributed by atoms with Crippen LogP contribution in [0.4, 0.5) is 0 Å². The molecule has 9 heavy (non-hydrogen) atoms. The lowest BCUT2D eigenvalue weighted by Crippen LogP contribution is -2.11. The maximum absolute atomic E-state index is 10.6. The zero-order chi connectivity index (χ0) is 6.69. The molecule has 50 valence electrons. The first-order valence-electron chi connectivity index (χ1n) is 2.63. The summed E-state index contributed by atoms with van der Waals surface area (Å²) in [4.78, 5) is 10.6. The van der Waals surface area contributed by atoms with E-state index in [0.29, 0.717) is 12.2 Å². The average Bonchev–Trinajstić information content (AvgIpc) is 1.97. The molecule has 0 bridgehead atoms. The van der Waals surface area contributed by atoms with Crippen LogP contribution in [-0.4, -0.2) is 15.7 Å². The Bertz CT molecular complexity index is 176. The third-order valence-corrected chi connectivity index (χ3v) is 1.98. The molecule has 0 aliphatic carbocycles. The summed E-state index contributed by atoms with van der Waals surface area (Å²) in [6.45, 7) is 0. The lowest BCUT2D eigenvalue weighted by molar-refractivity contribution is -0.114. The van der Waals surface area contributed by atoms with Crippen molar-refractivity contribution in [3.8, 4) is 0 Å². The molecule has 1 atom stereocenters. The monoisotopic (exact) mass is 145 g/mol. The maximum Gasteiger partial charge on any atom is 0.158 e. The second-order valence-electron chi connectivity index (χ2n) is 1.72. The van der Waals surface area contributed by atoms with Gasteiger partial charge in [0.2, 0.25) is 0 Å². The summed E-state index contributed by atoms with van der Waals surface area (Å²) < 4.78 is 13.2. The van der Waals surface area contributed by atoms with E-state index in [-0.39, 0.29) is 5.78 Å². The van der Waals surface area contributed by atoms with Gasteiger partial charge in [-0.15, -0.1) is 0 Å². The Morgan fingerprint density at radius 2 is 2.44 bits per heavy atom. The van der Waals surface area contributed by atoms with Crippen LogP contribution < -0.4 is 4.72 Å². The smallest absolute Gasteiger partial charge is 0.158 e. The standard InChI is InChI=1S/C5H7NO2S/c7-5-1-3-6-9(8)4-2-5/h1,3,6H,2,4H2. The summed E-state index contributed by atoms with van der Waals surface area (Å²) in [7, 11) is -1.04. The van der Waals surface area contributed by atoms with Gasteiger partial charge in [0.25, 0.3) is 0 Å². The first kappa shape index (κ1) is 6.48. The third-order valence-electron chi connectivity index (χ3n) is 1.00. The van der Waals surface area contributed by atoms with Crippen molar-refractivity contribution in [1.82, 2.24) is 4.72 Å². The summed E-state index contributed by atoms with van der Waals surface area (Å²) in [6, 6.07) is 0. The Labute approximate surface area is 55.7 Å². The van der Waals surface area contributed by atoms with Crippen molar-refractivity contribution in [2.75, 3.05) is 5.75 Å². The van der Waals surface area contributed by atoms with Crippen LogP contribution in [0.25, 0.3) is 0 Å². The van der Waals surface area contributed by atoms with Crippen LogP contribution in [-0.2, 0) is 15.8 Å². The summed E-state index contributed by atoms with van der Waals surface area (Å²) in [5.74, 6) is 0.458. The van der Waals surface area contributed by atoms with E-state index in [4.69, 9.17) is 0 Å². The highest BCUT2D eigenvalue weighted by Gasteiger charge is 2.04. The van der Waals surface area contributed by atoms with E-state index >= 15 is 0 Å². The number of carbonyl (C=O) groups excluding carboxylic acids is 1. The van der Waals surface area contributed by atoms with Gasteiger partial charge in [-0.1, -0.05) is 0 Å². The van der Waals surface area contributed by atoms with Crippen molar-refractivity contribution in [2.45, 2.75) is 6.42 Å². The van der Waals surface area contributed by atoms with Crippen LogP contribution in [0, 0.1) is 0 Å². The van der Waals surface area contributed by atoms with Crippen LogP contribution in [0.3, 0.4) is 0 Å². The van der Waals surface area contributed by atoms with Gasteiger partial charge in [-0.05, 0) is 6.08 Å². The minimum Gasteiger partial charge on any atom is -0.312 e. The van der Waals surface area contributed by atoms with Crippen molar-refractivity contribution in [3.63, 3.8) is 0 Å².